The first-order valence-electron chi connectivity index (χ1n) is 13.1. The lowest BCUT2D eigenvalue weighted by atomic mass is 9.62. The summed E-state index contributed by atoms with van der Waals surface area (Å²) in [6, 6.07) is 10.6. The lowest BCUT2D eigenvalue weighted by molar-refractivity contribution is -0.143. The molecule has 2 heterocycles. The highest BCUT2D eigenvalue weighted by atomic mass is 19.4. The second-order valence-corrected chi connectivity index (χ2v) is 11.0. The van der Waals surface area contributed by atoms with Crippen LogP contribution in [0.2, 0.25) is 0 Å². The second-order valence-electron chi connectivity index (χ2n) is 11.0. The summed E-state index contributed by atoms with van der Waals surface area (Å²) >= 11 is 0. The van der Waals surface area contributed by atoms with Gasteiger partial charge < -0.3 is 15.1 Å². The number of alkyl halides is 3. The number of likely N-dealkylation sites (tertiary alicyclic amines) is 2. The minimum Gasteiger partial charge on any atom is -0.345 e. The van der Waals surface area contributed by atoms with E-state index in [2.05, 4.69) is 17.4 Å². The monoisotopic (exact) mass is 547 g/mol. The molecule has 0 bridgehead atoms. The van der Waals surface area contributed by atoms with Crippen molar-refractivity contribution in [2.75, 3.05) is 26.7 Å². The predicted molar refractivity (Wildman–Crippen MR) is 137 cm³/mol. The Kier molecular flexibility index (Phi) is 8.04. The van der Waals surface area contributed by atoms with E-state index >= 15 is 0 Å². The Labute approximate surface area is 225 Å². The van der Waals surface area contributed by atoms with E-state index in [-0.39, 0.29) is 23.1 Å². The van der Waals surface area contributed by atoms with Gasteiger partial charge in [-0.05, 0) is 47.9 Å². The standard InChI is InChI=1S/C29H33F4N3O3/c1-18(2)25(34-26(38)21-15-20(29(31,32)33)9-10-23(21)30)27(39)36-13-11-28(12-14-36)16-24(37)35(3)17-22(28)19-7-5-4-6-8-19/h4-10,15,18,22,25H,11-14,16-17H2,1-3H3,(H,34,38)/t22-,25-/m1/s1. The summed E-state index contributed by atoms with van der Waals surface area (Å²) in [6.07, 6.45) is -3.17. The Hall–Kier alpha value is -3.43. The lowest BCUT2D eigenvalue weighted by Gasteiger charge is -2.51. The Morgan fingerprint density at radius 2 is 1.69 bits per heavy atom. The predicted octanol–water partition coefficient (Wildman–Crippen LogP) is 4.85. The summed E-state index contributed by atoms with van der Waals surface area (Å²) < 4.78 is 53.7. The average molecular weight is 548 g/mol. The molecule has 2 fully saturated rings. The first-order valence-corrected chi connectivity index (χ1v) is 13.1. The highest BCUT2D eigenvalue weighted by Gasteiger charge is 2.48. The molecule has 2 aliphatic heterocycles. The molecular weight excluding hydrogens is 514 g/mol. The smallest absolute Gasteiger partial charge is 0.345 e. The molecule has 39 heavy (non-hydrogen) atoms. The number of piperidine rings is 2. The van der Waals surface area contributed by atoms with Crippen LogP contribution in [0.25, 0.3) is 0 Å². The van der Waals surface area contributed by atoms with Crippen molar-refractivity contribution in [2.24, 2.45) is 11.3 Å². The number of nitrogens with zero attached hydrogens (tertiary/aromatic N) is 2. The van der Waals surface area contributed by atoms with Crippen molar-refractivity contribution in [1.82, 2.24) is 15.1 Å². The third-order valence-corrected chi connectivity index (χ3v) is 8.16. The van der Waals surface area contributed by atoms with Crippen LogP contribution in [-0.2, 0) is 15.8 Å². The van der Waals surface area contributed by atoms with E-state index in [1.807, 2.05) is 18.2 Å². The molecule has 2 atom stereocenters. The summed E-state index contributed by atoms with van der Waals surface area (Å²) in [5, 5.41) is 2.47. The normalized spacial score (nSPS) is 20.3. The molecule has 1 spiro atoms. The average Bonchev–Trinajstić information content (AvgIpc) is 2.89. The molecule has 0 unspecified atom stereocenters. The highest BCUT2D eigenvalue weighted by Crippen LogP contribution is 2.50. The summed E-state index contributed by atoms with van der Waals surface area (Å²) in [7, 11) is 1.80. The fourth-order valence-electron chi connectivity index (χ4n) is 5.78. The molecule has 3 amide bonds. The van der Waals surface area contributed by atoms with Crippen LogP contribution in [-0.4, -0.2) is 60.2 Å². The summed E-state index contributed by atoms with van der Waals surface area (Å²) in [4.78, 5) is 42.4. The van der Waals surface area contributed by atoms with E-state index in [0.29, 0.717) is 57.1 Å². The van der Waals surface area contributed by atoms with E-state index in [1.165, 1.54) is 0 Å². The number of benzene rings is 2. The zero-order valence-electron chi connectivity index (χ0n) is 22.2. The number of carbonyl (C=O) groups is 3. The third-order valence-electron chi connectivity index (χ3n) is 8.16. The molecular formula is C29H33F4N3O3. The molecule has 2 aromatic rings. The number of rotatable bonds is 5. The van der Waals surface area contributed by atoms with Gasteiger partial charge in [0, 0.05) is 39.0 Å². The Morgan fingerprint density at radius 1 is 1.05 bits per heavy atom. The quantitative estimate of drug-likeness (QED) is 0.544. The number of halogens is 4. The fourth-order valence-corrected chi connectivity index (χ4v) is 5.78. The molecule has 6 nitrogen and oxygen atoms in total. The molecule has 4 rings (SSSR count). The van der Waals surface area contributed by atoms with E-state index in [4.69, 9.17) is 0 Å². The van der Waals surface area contributed by atoms with Crippen molar-refractivity contribution in [1.29, 1.82) is 0 Å². The Morgan fingerprint density at radius 3 is 2.28 bits per heavy atom. The molecule has 0 radical (unpaired) electrons. The van der Waals surface area contributed by atoms with E-state index in [9.17, 15) is 31.9 Å². The molecule has 210 valence electrons. The van der Waals surface area contributed by atoms with Crippen LogP contribution in [0.1, 0.15) is 60.5 Å². The number of nitrogens with one attached hydrogen (secondary N) is 1. The Balaban J connectivity index is 1.50. The maximum absolute atomic E-state index is 14.3. The van der Waals surface area contributed by atoms with Gasteiger partial charge in [-0.15, -0.1) is 0 Å². The van der Waals surface area contributed by atoms with Crippen LogP contribution in [0, 0.1) is 17.2 Å². The minimum absolute atomic E-state index is 0.0670. The van der Waals surface area contributed by atoms with Crippen molar-refractivity contribution in [2.45, 2.75) is 51.2 Å². The van der Waals surface area contributed by atoms with E-state index in [0.717, 1.165) is 5.56 Å². The van der Waals surface area contributed by atoms with E-state index < -0.39 is 41.0 Å². The van der Waals surface area contributed by atoms with Crippen LogP contribution in [0.5, 0.6) is 0 Å². The number of hydrogen-bond acceptors (Lipinski definition) is 3. The fraction of sp³-hybridized carbons (Fsp3) is 0.483. The van der Waals surface area contributed by atoms with Gasteiger partial charge in [0.15, 0.2) is 0 Å². The van der Waals surface area contributed by atoms with Gasteiger partial charge >= 0.3 is 6.18 Å². The van der Waals surface area contributed by atoms with Crippen molar-refractivity contribution >= 4 is 17.7 Å². The zero-order chi connectivity index (χ0) is 28.5. The van der Waals surface area contributed by atoms with Gasteiger partial charge in [-0.25, -0.2) is 4.39 Å². The molecule has 0 aliphatic carbocycles. The third kappa shape index (κ3) is 5.94. The summed E-state index contributed by atoms with van der Waals surface area (Å²) in [5.74, 6) is -2.77. The maximum atomic E-state index is 14.3. The molecule has 2 aliphatic rings. The lowest BCUT2D eigenvalue weighted by Crippen LogP contribution is -2.57. The topological polar surface area (TPSA) is 69.7 Å². The van der Waals surface area contributed by atoms with Crippen LogP contribution in [0.15, 0.2) is 48.5 Å². The van der Waals surface area contributed by atoms with Crippen molar-refractivity contribution in [3.63, 3.8) is 0 Å². The minimum atomic E-state index is -4.74. The second kappa shape index (κ2) is 11.0. The summed E-state index contributed by atoms with van der Waals surface area (Å²) in [5.41, 5.74) is -1.08. The van der Waals surface area contributed by atoms with Crippen LogP contribution < -0.4 is 5.32 Å². The zero-order valence-corrected chi connectivity index (χ0v) is 22.2. The van der Waals surface area contributed by atoms with Gasteiger partial charge in [-0.1, -0.05) is 44.2 Å². The molecule has 1 N–H and O–H groups in total. The molecule has 2 saturated heterocycles. The van der Waals surface area contributed by atoms with Gasteiger partial charge in [0.2, 0.25) is 11.8 Å². The van der Waals surface area contributed by atoms with Crippen molar-refractivity contribution < 1.29 is 31.9 Å². The van der Waals surface area contributed by atoms with Gasteiger partial charge in [-0.2, -0.15) is 13.2 Å². The van der Waals surface area contributed by atoms with Gasteiger partial charge in [0.05, 0.1) is 11.1 Å². The summed E-state index contributed by atoms with van der Waals surface area (Å²) in [6.45, 7) is 4.74. The molecule has 2 aromatic carbocycles. The molecule has 10 heteroatoms. The van der Waals surface area contributed by atoms with Gasteiger partial charge in [0.25, 0.3) is 5.91 Å². The maximum Gasteiger partial charge on any atom is 0.416 e. The van der Waals surface area contributed by atoms with Crippen molar-refractivity contribution in [3.8, 4) is 0 Å². The largest absolute Gasteiger partial charge is 0.416 e. The Bertz CT molecular complexity index is 1220. The first kappa shape index (κ1) is 28.6. The van der Waals surface area contributed by atoms with Crippen LogP contribution in [0.4, 0.5) is 17.6 Å². The van der Waals surface area contributed by atoms with Crippen molar-refractivity contribution in [3.05, 3.63) is 71.0 Å². The van der Waals surface area contributed by atoms with E-state index in [1.54, 1.807) is 30.7 Å². The first-order chi connectivity index (χ1) is 18.3. The van der Waals surface area contributed by atoms with Crippen LogP contribution >= 0.6 is 0 Å². The van der Waals surface area contributed by atoms with Gasteiger partial charge in [-0.3, -0.25) is 14.4 Å². The number of likely N-dealkylation sites (N-methyl/N-ethyl adjacent to an activating group) is 1. The molecule has 0 saturated carbocycles. The molecule has 0 aromatic heterocycles. The SMILES string of the molecule is CC(C)[C@@H](NC(=O)c1cc(C(F)(F)F)ccc1F)C(=O)N1CCC2(CC1)CC(=O)N(C)C[C@@H]2c1ccccc1. The van der Waals surface area contributed by atoms with Crippen LogP contribution in [0.3, 0.4) is 0 Å². The number of carbonyl (C=O) groups excluding carboxylic acids is 3. The number of hydrogen-bond donors (Lipinski definition) is 1. The highest BCUT2D eigenvalue weighted by molar-refractivity contribution is 5.98. The van der Waals surface area contributed by atoms with Gasteiger partial charge in [0.1, 0.15) is 11.9 Å². The number of amides is 3.